The summed E-state index contributed by atoms with van der Waals surface area (Å²) in [5.74, 6) is -1.21. The number of para-hydroxylation sites is 1. The minimum absolute atomic E-state index is 0.107. The van der Waals surface area contributed by atoms with E-state index in [2.05, 4.69) is 0 Å². The SMILES string of the molecule is Cc1ccccc1S(=O)(=O)N(CC(=O)O)c1ccccc1. The molecule has 1 N–H and O–H groups in total. The molecule has 0 spiro atoms. The van der Waals surface area contributed by atoms with Crippen LogP contribution in [0.25, 0.3) is 0 Å². The van der Waals surface area contributed by atoms with E-state index in [1.807, 2.05) is 0 Å². The van der Waals surface area contributed by atoms with Crippen LogP contribution in [-0.2, 0) is 14.8 Å². The number of aryl methyl sites for hydroxylation is 1. The topological polar surface area (TPSA) is 74.7 Å². The van der Waals surface area contributed by atoms with Gasteiger partial charge in [-0.15, -0.1) is 0 Å². The van der Waals surface area contributed by atoms with Crippen LogP contribution in [0.2, 0.25) is 0 Å². The summed E-state index contributed by atoms with van der Waals surface area (Å²) in [4.78, 5) is 11.1. The van der Waals surface area contributed by atoms with Gasteiger partial charge in [0.1, 0.15) is 6.54 Å². The van der Waals surface area contributed by atoms with Crippen molar-refractivity contribution in [1.29, 1.82) is 0 Å². The van der Waals surface area contributed by atoms with Crippen LogP contribution in [0.1, 0.15) is 5.56 Å². The molecule has 0 amide bonds. The maximum absolute atomic E-state index is 12.8. The third-order valence-corrected chi connectivity index (χ3v) is 4.92. The number of aliphatic carboxylic acids is 1. The van der Waals surface area contributed by atoms with Gasteiger partial charge in [0, 0.05) is 0 Å². The van der Waals surface area contributed by atoms with Gasteiger partial charge in [0.25, 0.3) is 10.0 Å². The summed E-state index contributed by atoms with van der Waals surface area (Å²) < 4.78 is 26.4. The molecule has 0 atom stereocenters. The summed E-state index contributed by atoms with van der Waals surface area (Å²) >= 11 is 0. The zero-order valence-electron chi connectivity index (χ0n) is 11.4. The molecule has 2 rings (SSSR count). The van der Waals surface area contributed by atoms with Crippen molar-refractivity contribution in [1.82, 2.24) is 0 Å². The monoisotopic (exact) mass is 305 g/mol. The Kier molecular flexibility index (Phi) is 4.28. The van der Waals surface area contributed by atoms with Crippen LogP contribution >= 0.6 is 0 Å². The lowest BCUT2D eigenvalue weighted by molar-refractivity contribution is -0.135. The van der Waals surface area contributed by atoms with Crippen LogP contribution < -0.4 is 4.31 Å². The summed E-state index contributed by atoms with van der Waals surface area (Å²) in [6.07, 6.45) is 0. The minimum atomic E-state index is -3.93. The molecule has 0 radical (unpaired) electrons. The number of carboxylic acid groups (broad SMARTS) is 1. The van der Waals surface area contributed by atoms with Crippen molar-refractivity contribution in [3.63, 3.8) is 0 Å². The van der Waals surface area contributed by atoms with Gasteiger partial charge >= 0.3 is 5.97 Å². The number of carboxylic acids is 1. The van der Waals surface area contributed by atoms with Gasteiger partial charge in [-0.05, 0) is 30.7 Å². The maximum Gasteiger partial charge on any atom is 0.324 e. The van der Waals surface area contributed by atoms with Gasteiger partial charge in [0.2, 0.25) is 0 Å². The van der Waals surface area contributed by atoms with E-state index in [1.54, 1.807) is 55.5 Å². The summed E-state index contributed by atoms with van der Waals surface area (Å²) in [5, 5.41) is 9.02. The predicted molar refractivity (Wildman–Crippen MR) is 79.8 cm³/mol. The fourth-order valence-corrected chi connectivity index (χ4v) is 3.64. The van der Waals surface area contributed by atoms with Crippen LogP contribution in [0.15, 0.2) is 59.5 Å². The average molecular weight is 305 g/mol. The van der Waals surface area contributed by atoms with E-state index in [-0.39, 0.29) is 4.90 Å². The number of carbonyl (C=O) groups is 1. The number of benzene rings is 2. The van der Waals surface area contributed by atoms with Crippen molar-refractivity contribution in [3.8, 4) is 0 Å². The van der Waals surface area contributed by atoms with E-state index in [0.29, 0.717) is 11.3 Å². The number of nitrogens with zero attached hydrogens (tertiary/aromatic N) is 1. The molecule has 0 unspecified atom stereocenters. The van der Waals surface area contributed by atoms with Gasteiger partial charge in [0.15, 0.2) is 0 Å². The molecular formula is C15H15NO4S. The average Bonchev–Trinajstić information content (AvgIpc) is 2.45. The molecule has 2 aromatic carbocycles. The van der Waals surface area contributed by atoms with E-state index in [1.165, 1.54) is 6.07 Å². The van der Waals surface area contributed by atoms with Gasteiger partial charge in [-0.3, -0.25) is 9.10 Å². The highest BCUT2D eigenvalue weighted by molar-refractivity contribution is 7.93. The number of hydrogen-bond acceptors (Lipinski definition) is 3. The Bertz CT molecular complexity index is 741. The summed E-state index contributed by atoms with van der Waals surface area (Å²) in [5.41, 5.74) is 0.895. The van der Waals surface area contributed by atoms with Crippen molar-refractivity contribution in [3.05, 3.63) is 60.2 Å². The minimum Gasteiger partial charge on any atom is -0.480 e. The van der Waals surface area contributed by atoms with Crippen molar-refractivity contribution < 1.29 is 18.3 Å². The van der Waals surface area contributed by atoms with Crippen LogP contribution in [0, 0.1) is 6.92 Å². The highest BCUT2D eigenvalue weighted by atomic mass is 32.2. The first-order chi connectivity index (χ1) is 9.93. The van der Waals surface area contributed by atoms with Gasteiger partial charge in [-0.25, -0.2) is 8.42 Å². The quantitative estimate of drug-likeness (QED) is 0.919. The lowest BCUT2D eigenvalue weighted by atomic mass is 10.2. The maximum atomic E-state index is 12.8. The van der Waals surface area contributed by atoms with Gasteiger partial charge in [-0.2, -0.15) is 0 Å². The molecule has 110 valence electrons. The van der Waals surface area contributed by atoms with Gasteiger partial charge < -0.3 is 5.11 Å². The zero-order valence-corrected chi connectivity index (χ0v) is 12.2. The fraction of sp³-hybridized carbons (Fsp3) is 0.133. The fourth-order valence-electron chi connectivity index (χ4n) is 2.00. The summed E-state index contributed by atoms with van der Waals surface area (Å²) in [7, 11) is -3.93. The first-order valence-electron chi connectivity index (χ1n) is 6.28. The lowest BCUT2D eigenvalue weighted by Crippen LogP contribution is -2.36. The van der Waals surface area contributed by atoms with Crippen molar-refractivity contribution >= 4 is 21.7 Å². The molecule has 0 fully saturated rings. The molecule has 0 saturated heterocycles. The normalized spacial score (nSPS) is 11.1. The van der Waals surface area contributed by atoms with E-state index in [4.69, 9.17) is 5.11 Å². The molecule has 6 heteroatoms. The number of rotatable bonds is 5. The largest absolute Gasteiger partial charge is 0.480 e. The molecule has 5 nitrogen and oxygen atoms in total. The van der Waals surface area contributed by atoms with Crippen molar-refractivity contribution in [2.24, 2.45) is 0 Å². The van der Waals surface area contributed by atoms with Crippen LogP contribution in [0.5, 0.6) is 0 Å². The lowest BCUT2D eigenvalue weighted by Gasteiger charge is -2.23. The Balaban J connectivity index is 2.56. The van der Waals surface area contributed by atoms with Crippen LogP contribution in [-0.4, -0.2) is 26.0 Å². The number of sulfonamides is 1. The summed E-state index contributed by atoms with van der Waals surface area (Å²) in [6.45, 7) is 1.05. The van der Waals surface area contributed by atoms with Crippen molar-refractivity contribution in [2.75, 3.05) is 10.8 Å². The highest BCUT2D eigenvalue weighted by Crippen LogP contribution is 2.25. The first-order valence-corrected chi connectivity index (χ1v) is 7.72. The molecular weight excluding hydrogens is 290 g/mol. The first kappa shape index (κ1) is 15.1. The van der Waals surface area contributed by atoms with Crippen LogP contribution in [0.4, 0.5) is 5.69 Å². The Morgan fingerprint density at radius 2 is 1.62 bits per heavy atom. The van der Waals surface area contributed by atoms with E-state index in [0.717, 1.165) is 4.31 Å². The zero-order chi connectivity index (χ0) is 15.5. The third kappa shape index (κ3) is 3.22. The second kappa shape index (κ2) is 5.97. The molecule has 0 aliphatic heterocycles. The Morgan fingerprint density at radius 1 is 1.05 bits per heavy atom. The van der Waals surface area contributed by atoms with Crippen molar-refractivity contribution in [2.45, 2.75) is 11.8 Å². The summed E-state index contributed by atoms with van der Waals surface area (Å²) in [6, 6.07) is 14.7. The van der Waals surface area contributed by atoms with Gasteiger partial charge in [-0.1, -0.05) is 36.4 Å². The van der Waals surface area contributed by atoms with E-state index in [9.17, 15) is 13.2 Å². The third-order valence-electron chi connectivity index (χ3n) is 2.98. The molecule has 0 aliphatic rings. The van der Waals surface area contributed by atoms with Crippen LogP contribution in [0.3, 0.4) is 0 Å². The van der Waals surface area contributed by atoms with E-state index < -0.39 is 22.5 Å². The molecule has 0 heterocycles. The Labute approximate surface area is 123 Å². The Hall–Kier alpha value is -2.34. The highest BCUT2D eigenvalue weighted by Gasteiger charge is 2.27. The second-order valence-electron chi connectivity index (χ2n) is 4.51. The molecule has 0 saturated carbocycles. The predicted octanol–water partition coefficient (Wildman–Crippen LogP) is 2.27. The Morgan fingerprint density at radius 3 is 2.19 bits per heavy atom. The molecule has 0 aromatic heterocycles. The number of hydrogen-bond donors (Lipinski definition) is 1. The standard InChI is InChI=1S/C15H15NO4S/c1-12-7-5-6-10-14(12)21(19,20)16(11-15(17)18)13-8-3-2-4-9-13/h2-10H,11H2,1H3,(H,17,18). The molecule has 0 aliphatic carbocycles. The molecule has 2 aromatic rings. The van der Waals surface area contributed by atoms with Gasteiger partial charge in [0.05, 0.1) is 10.6 Å². The van der Waals surface area contributed by atoms with E-state index >= 15 is 0 Å². The molecule has 0 bridgehead atoms. The second-order valence-corrected chi connectivity index (χ2v) is 6.34. The molecule has 21 heavy (non-hydrogen) atoms. The number of anilines is 1. The smallest absolute Gasteiger partial charge is 0.324 e.